The van der Waals surface area contributed by atoms with Crippen molar-refractivity contribution in [1.82, 2.24) is 9.78 Å². The fourth-order valence-electron chi connectivity index (χ4n) is 5.15. The lowest BCUT2D eigenvalue weighted by molar-refractivity contribution is 0.477. The lowest BCUT2D eigenvalue weighted by Crippen LogP contribution is -2.38. The van der Waals surface area contributed by atoms with Gasteiger partial charge in [0.15, 0.2) is 0 Å². The summed E-state index contributed by atoms with van der Waals surface area (Å²) in [7, 11) is 0. The van der Waals surface area contributed by atoms with Crippen molar-refractivity contribution in [2.24, 2.45) is 0 Å². The molecule has 0 amide bonds. The van der Waals surface area contributed by atoms with Crippen LogP contribution >= 0.6 is 0 Å². The molecule has 0 saturated heterocycles. The Balaban J connectivity index is 1.80. The third kappa shape index (κ3) is 3.46. The first-order valence-electron chi connectivity index (χ1n) is 11.9. The van der Waals surface area contributed by atoms with Gasteiger partial charge in [-0.1, -0.05) is 103 Å². The van der Waals surface area contributed by atoms with Crippen LogP contribution in [0.2, 0.25) is 0 Å². The van der Waals surface area contributed by atoms with Gasteiger partial charge in [0.1, 0.15) is 17.1 Å². The Kier molecular flexibility index (Phi) is 5.34. The molecule has 4 heteroatoms. The first-order valence-corrected chi connectivity index (χ1v) is 11.9. The number of fused-ring (bicyclic) bond motifs is 1. The Hall–Kier alpha value is -4.70. The predicted molar refractivity (Wildman–Crippen MR) is 144 cm³/mol. The van der Waals surface area contributed by atoms with Gasteiger partial charge in [-0.05, 0) is 47.0 Å². The summed E-state index contributed by atoms with van der Waals surface area (Å²) in [4.78, 5) is 0. The van der Waals surface area contributed by atoms with Crippen LogP contribution in [0.15, 0.2) is 133 Å². The van der Waals surface area contributed by atoms with E-state index in [2.05, 4.69) is 41.1 Å². The molecule has 3 nitrogen and oxygen atoms in total. The summed E-state index contributed by atoms with van der Waals surface area (Å²) in [5.41, 5.74) is 11.6. The standard InChI is InChI=1S/C32H24FN3/c33-27-18-10-11-23(21-27)31-29-22-28(34)19-20-30(29)36(35-31)32(24-12-4-1-5-13-24,25-14-6-2-7-15-25)26-16-8-3-9-17-26/h1-22H,34H2. The summed E-state index contributed by atoms with van der Waals surface area (Å²) < 4.78 is 16.4. The zero-order valence-corrected chi connectivity index (χ0v) is 19.6. The molecule has 0 radical (unpaired) electrons. The minimum absolute atomic E-state index is 0.306. The van der Waals surface area contributed by atoms with Gasteiger partial charge in [-0.25, -0.2) is 9.07 Å². The number of aromatic nitrogens is 2. The maximum Gasteiger partial charge on any atom is 0.138 e. The number of rotatable bonds is 5. The van der Waals surface area contributed by atoms with E-state index < -0.39 is 5.54 Å². The molecule has 0 unspecified atom stereocenters. The van der Waals surface area contributed by atoms with Gasteiger partial charge in [0, 0.05) is 16.6 Å². The molecular formula is C32H24FN3. The molecule has 5 aromatic carbocycles. The highest BCUT2D eigenvalue weighted by Crippen LogP contribution is 2.44. The van der Waals surface area contributed by atoms with E-state index in [-0.39, 0.29) is 5.82 Å². The van der Waals surface area contributed by atoms with Crippen molar-refractivity contribution < 1.29 is 4.39 Å². The quantitative estimate of drug-likeness (QED) is 0.213. The molecule has 0 saturated carbocycles. The minimum Gasteiger partial charge on any atom is -0.399 e. The van der Waals surface area contributed by atoms with Crippen molar-refractivity contribution in [3.8, 4) is 11.3 Å². The number of hydrogen-bond donors (Lipinski definition) is 1. The van der Waals surface area contributed by atoms with Crippen molar-refractivity contribution >= 4 is 16.6 Å². The zero-order valence-electron chi connectivity index (χ0n) is 19.6. The van der Waals surface area contributed by atoms with Crippen LogP contribution < -0.4 is 5.73 Å². The summed E-state index contributed by atoms with van der Waals surface area (Å²) in [5.74, 6) is -0.306. The Morgan fingerprint density at radius 2 is 1.17 bits per heavy atom. The number of anilines is 1. The first-order chi connectivity index (χ1) is 17.7. The van der Waals surface area contributed by atoms with Crippen LogP contribution in [-0.2, 0) is 5.54 Å². The molecule has 0 spiro atoms. The molecule has 6 aromatic rings. The number of nitrogens with zero attached hydrogens (tertiary/aromatic N) is 2. The number of nitrogens with two attached hydrogens (primary N) is 1. The molecule has 0 atom stereocenters. The van der Waals surface area contributed by atoms with E-state index in [0.29, 0.717) is 16.9 Å². The summed E-state index contributed by atoms with van der Waals surface area (Å²) >= 11 is 0. The van der Waals surface area contributed by atoms with E-state index in [1.807, 2.05) is 78.9 Å². The number of halogens is 1. The Morgan fingerprint density at radius 1 is 0.611 bits per heavy atom. The van der Waals surface area contributed by atoms with E-state index in [9.17, 15) is 4.39 Å². The van der Waals surface area contributed by atoms with Gasteiger partial charge in [0.05, 0.1) is 5.52 Å². The van der Waals surface area contributed by atoms with Crippen LogP contribution in [0, 0.1) is 5.82 Å². The third-order valence-corrected chi connectivity index (χ3v) is 6.69. The molecule has 0 fully saturated rings. The molecule has 0 aliphatic heterocycles. The highest BCUT2D eigenvalue weighted by Gasteiger charge is 2.40. The van der Waals surface area contributed by atoms with Gasteiger partial charge in [-0.15, -0.1) is 0 Å². The second kappa shape index (κ2) is 8.82. The van der Waals surface area contributed by atoms with Crippen LogP contribution in [0.4, 0.5) is 10.1 Å². The van der Waals surface area contributed by atoms with E-state index in [1.165, 1.54) is 12.1 Å². The second-order valence-corrected chi connectivity index (χ2v) is 8.86. The summed E-state index contributed by atoms with van der Waals surface area (Å²) in [6, 6.07) is 43.5. The Labute approximate surface area is 209 Å². The molecule has 0 aliphatic carbocycles. The topological polar surface area (TPSA) is 43.8 Å². The average molecular weight is 470 g/mol. The second-order valence-electron chi connectivity index (χ2n) is 8.86. The first kappa shape index (κ1) is 21.8. The predicted octanol–water partition coefficient (Wildman–Crippen LogP) is 7.26. The summed E-state index contributed by atoms with van der Waals surface area (Å²) in [6.45, 7) is 0. The minimum atomic E-state index is -0.788. The van der Waals surface area contributed by atoms with Crippen molar-refractivity contribution in [3.63, 3.8) is 0 Å². The number of hydrogen-bond acceptors (Lipinski definition) is 2. The van der Waals surface area contributed by atoms with Gasteiger partial charge in [-0.3, -0.25) is 0 Å². The van der Waals surface area contributed by atoms with Crippen LogP contribution in [0.1, 0.15) is 16.7 Å². The van der Waals surface area contributed by atoms with E-state index in [1.54, 1.807) is 6.07 Å². The van der Waals surface area contributed by atoms with Gasteiger partial charge < -0.3 is 5.73 Å². The largest absolute Gasteiger partial charge is 0.399 e. The van der Waals surface area contributed by atoms with Gasteiger partial charge in [0.2, 0.25) is 0 Å². The van der Waals surface area contributed by atoms with Gasteiger partial charge in [-0.2, -0.15) is 5.10 Å². The maximum atomic E-state index is 14.3. The van der Waals surface area contributed by atoms with Crippen molar-refractivity contribution in [3.05, 3.63) is 156 Å². The fourth-order valence-corrected chi connectivity index (χ4v) is 5.15. The number of benzene rings is 5. The van der Waals surface area contributed by atoms with Crippen molar-refractivity contribution in [1.29, 1.82) is 0 Å². The Bertz CT molecular complexity index is 1540. The van der Waals surface area contributed by atoms with Crippen LogP contribution in [-0.4, -0.2) is 9.78 Å². The van der Waals surface area contributed by atoms with E-state index in [0.717, 1.165) is 27.6 Å². The molecule has 6 rings (SSSR count). The van der Waals surface area contributed by atoms with Crippen LogP contribution in [0.25, 0.3) is 22.2 Å². The molecular weight excluding hydrogens is 445 g/mol. The molecule has 0 aliphatic rings. The SMILES string of the molecule is Nc1ccc2c(c1)c(-c1cccc(F)c1)nn2C(c1ccccc1)(c1ccccc1)c1ccccc1. The summed E-state index contributed by atoms with van der Waals surface area (Å²) in [5, 5.41) is 6.11. The molecule has 174 valence electrons. The lowest BCUT2D eigenvalue weighted by atomic mass is 9.77. The molecule has 1 heterocycles. The van der Waals surface area contributed by atoms with Crippen LogP contribution in [0.5, 0.6) is 0 Å². The Morgan fingerprint density at radius 3 is 1.69 bits per heavy atom. The monoisotopic (exact) mass is 469 g/mol. The summed E-state index contributed by atoms with van der Waals surface area (Å²) in [6.07, 6.45) is 0. The molecule has 0 bridgehead atoms. The number of nitrogen functional groups attached to an aromatic ring is 1. The van der Waals surface area contributed by atoms with Gasteiger partial charge >= 0.3 is 0 Å². The fraction of sp³-hybridized carbons (Fsp3) is 0.0312. The van der Waals surface area contributed by atoms with Gasteiger partial charge in [0.25, 0.3) is 0 Å². The highest BCUT2D eigenvalue weighted by atomic mass is 19.1. The van der Waals surface area contributed by atoms with Crippen molar-refractivity contribution in [2.45, 2.75) is 5.54 Å². The smallest absolute Gasteiger partial charge is 0.138 e. The van der Waals surface area contributed by atoms with Crippen LogP contribution in [0.3, 0.4) is 0 Å². The molecule has 36 heavy (non-hydrogen) atoms. The molecule has 2 N–H and O–H groups in total. The maximum absolute atomic E-state index is 14.3. The zero-order chi connectivity index (χ0) is 24.5. The van der Waals surface area contributed by atoms with E-state index >= 15 is 0 Å². The molecule has 1 aromatic heterocycles. The van der Waals surface area contributed by atoms with E-state index in [4.69, 9.17) is 10.8 Å². The van der Waals surface area contributed by atoms with Crippen molar-refractivity contribution in [2.75, 3.05) is 5.73 Å². The highest BCUT2D eigenvalue weighted by molar-refractivity contribution is 5.95. The average Bonchev–Trinajstić information content (AvgIpc) is 3.30. The third-order valence-electron chi connectivity index (χ3n) is 6.69. The normalized spacial score (nSPS) is 11.6. The lowest BCUT2D eigenvalue weighted by Gasteiger charge is -2.37.